The molecule has 5 nitrogen and oxygen atoms in total. The quantitative estimate of drug-likeness (QED) is 0.906. The number of aromatic amines is 1. The first-order valence-electron chi connectivity index (χ1n) is 6.03. The summed E-state index contributed by atoms with van der Waals surface area (Å²) < 4.78 is 0.885. The van der Waals surface area contributed by atoms with Crippen molar-refractivity contribution in [3.8, 4) is 0 Å². The maximum absolute atomic E-state index is 11.8. The summed E-state index contributed by atoms with van der Waals surface area (Å²) in [5.74, 6) is 0.683. The number of rotatable bonds is 2. The van der Waals surface area contributed by atoms with Crippen LogP contribution >= 0.6 is 27.3 Å². The predicted molar refractivity (Wildman–Crippen MR) is 77.2 cm³/mol. The van der Waals surface area contributed by atoms with E-state index < -0.39 is 0 Å². The molecule has 0 amide bonds. The molecule has 1 N–H and O–H groups in total. The lowest BCUT2D eigenvalue weighted by molar-refractivity contribution is 0.240. The van der Waals surface area contributed by atoms with Gasteiger partial charge in [0.05, 0.1) is 12.2 Å². The van der Waals surface area contributed by atoms with E-state index in [1.165, 1.54) is 0 Å². The van der Waals surface area contributed by atoms with E-state index in [1.807, 2.05) is 12.3 Å². The van der Waals surface area contributed by atoms with E-state index in [2.05, 4.69) is 35.8 Å². The maximum atomic E-state index is 11.8. The second kappa shape index (κ2) is 5.15. The van der Waals surface area contributed by atoms with Crippen LogP contribution in [0.5, 0.6) is 0 Å². The van der Waals surface area contributed by atoms with E-state index in [0.29, 0.717) is 5.82 Å². The third kappa shape index (κ3) is 2.77. The van der Waals surface area contributed by atoms with Crippen molar-refractivity contribution in [1.29, 1.82) is 0 Å². The fourth-order valence-corrected chi connectivity index (χ4v) is 3.61. The summed E-state index contributed by atoms with van der Waals surface area (Å²) in [6.45, 7) is 4.22. The molecule has 3 heterocycles. The van der Waals surface area contributed by atoms with E-state index >= 15 is 0 Å². The van der Waals surface area contributed by atoms with E-state index in [4.69, 9.17) is 0 Å². The van der Waals surface area contributed by atoms with Crippen molar-refractivity contribution in [1.82, 2.24) is 19.9 Å². The molecule has 2 aromatic rings. The topological polar surface area (TPSA) is 61.9 Å². The van der Waals surface area contributed by atoms with Crippen molar-refractivity contribution < 1.29 is 0 Å². The van der Waals surface area contributed by atoms with Gasteiger partial charge in [-0.25, -0.2) is 9.97 Å². The number of hydrogen-bond acceptors (Lipinski definition) is 5. The molecule has 0 aliphatic carbocycles. The largest absolute Gasteiger partial charge is 0.311 e. The van der Waals surface area contributed by atoms with E-state index in [0.717, 1.165) is 46.9 Å². The molecule has 1 aliphatic heterocycles. The number of thiazole rings is 1. The van der Waals surface area contributed by atoms with Gasteiger partial charge in [-0.3, -0.25) is 9.69 Å². The number of fused-ring (bicyclic) bond motifs is 1. The summed E-state index contributed by atoms with van der Waals surface area (Å²) in [6.07, 6.45) is 0.754. The predicted octanol–water partition coefficient (Wildman–Crippen LogP) is 1.86. The summed E-state index contributed by atoms with van der Waals surface area (Å²) in [4.78, 5) is 25.7. The first kappa shape index (κ1) is 13.0. The van der Waals surface area contributed by atoms with Gasteiger partial charge in [-0.1, -0.05) is 0 Å². The maximum Gasteiger partial charge on any atom is 0.254 e. The number of nitrogens with zero attached hydrogens (tertiary/aromatic N) is 3. The molecule has 7 heteroatoms. The lowest BCUT2D eigenvalue weighted by atomic mass is 10.1. The van der Waals surface area contributed by atoms with Gasteiger partial charge < -0.3 is 4.98 Å². The average Bonchev–Trinajstić information content (AvgIpc) is 2.74. The molecule has 19 heavy (non-hydrogen) atoms. The van der Waals surface area contributed by atoms with Crippen LogP contribution in [0.3, 0.4) is 0 Å². The van der Waals surface area contributed by atoms with E-state index in [1.54, 1.807) is 11.3 Å². The highest BCUT2D eigenvalue weighted by Gasteiger charge is 2.21. The standard InChI is InChI=1S/C12H13BrN4OS/c1-7-14-9-4-17(3-2-8(9)12(18)15-7)5-11-16-10(13)6-19-11/h6H,2-5H2,1H3,(H,14,15,18). The lowest BCUT2D eigenvalue weighted by Crippen LogP contribution is -2.35. The SMILES string of the molecule is Cc1nc2c(c(=O)[nH]1)CCN(Cc1nc(Br)cs1)C2. The second-order valence-corrected chi connectivity index (χ2v) is 6.36. The monoisotopic (exact) mass is 340 g/mol. The van der Waals surface area contributed by atoms with Gasteiger partial charge in [0.15, 0.2) is 0 Å². The fraction of sp³-hybridized carbons (Fsp3) is 0.417. The first-order chi connectivity index (χ1) is 9.11. The zero-order chi connectivity index (χ0) is 13.4. The lowest BCUT2D eigenvalue weighted by Gasteiger charge is -2.26. The summed E-state index contributed by atoms with van der Waals surface area (Å²) in [5.41, 5.74) is 1.75. The first-order valence-corrected chi connectivity index (χ1v) is 7.70. The van der Waals surface area contributed by atoms with E-state index in [9.17, 15) is 4.79 Å². The van der Waals surface area contributed by atoms with Crippen LogP contribution in [0.2, 0.25) is 0 Å². The molecule has 2 aromatic heterocycles. The molecule has 0 fully saturated rings. The Hall–Kier alpha value is -1.05. The van der Waals surface area contributed by atoms with Crippen molar-refractivity contribution in [2.75, 3.05) is 6.54 Å². The molecular formula is C12H13BrN4OS. The number of aryl methyl sites for hydroxylation is 1. The minimum absolute atomic E-state index is 0.0131. The molecular weight excluding hydrogens is 328 g/mol. The van der Waals surface area contributed by atoms with Crippen LogP contribution < -0.4 is 5.56 Å². The Morgan fingerprint density at radius 2 is 2.37 bits per heavy atom. The highest BCUT2D eigenvalue weighted by molar-refractivity contribution is 9.10. The van der Waals surface area contributed by atoms with Crippen LogP contribution in [0.1, 0.15) is 22.1 Å². The van der Waals surface area contributed by atoms with Gasteiger partial charge in [-0.05, 0) is 29.3 Å². The van der Waals surface area contributed by atoms with Crippen LogP contribution in [-0.4, -0.2) is 26.4 Å². The Bertz CT molecular complexity index is 666. The second-order valence-electron chi connectivity index (χ2n) is 4.60. The normalized spacial score (nSPS) is 15.5. The van der Waals surface area contributed by atoms with Gasteiger partial charge in [-0.2, -0.15) is 0 Å². The van der Waals surface area contributed by atoms with Crippen LogP contribution in [0.25, 0.3) is 0 Å². The van der Waals surface area contributed by atoms with Gasteiger partial charge in [0, 0.05) is 24.0 Å². The van der Waals surface area contributed by atoms with Gasteiger partial charge in [0.1, 0.15) is 15.4 Å². The van der Waals surface area contributed by atoms with Crippen molar-refractivity contribution >= 4 is 27.3 Å². The van der Waals surface area contributed by atoms with Gasteiger partial charge >= 0.3 is 0 Å². The summed E-state index contributed by atoms with van der Waals surface area (Å²) in [7, 11) is 0. The average molecular weight is 341 g/mol. The third-order valence-corrected chi connectivity index (χ3v) is 4.70. The number of aromatic nitrogens is 3. The van der Waals surface area contributed by atoms with Crippen molar-refractivity contribution in [2.24, 2.45) is 0 Å². The fourth-order valence-electron chi connectivity index (χ4n) is 2.31. The molecule has 0 saturated heterocycles. The molecule has 1 aliphatic rings. The summed E-state index contributed by atoms with van der Waals surface area (Å²) in [6, 6.07) is 0. The molecule has 0 unspecified atom stereocenters. The van der Waals surface area contributed by atoms with Gasteiger partial charge in [0.2, 0.25) is 0 Å². The number of H-pyrrole nitrogens is 1. The number of nitrogens with one attached hydrogen (secondary N) is 1. The summed E-state index contributed by atoms with van der Waals surface area (Å²) >= 11 is 5.01. The Labute approximate surface area is 122 Å². The number of halogens is 1. The van der Waals surface area contributed by atoms with Crippen molar-refractivity contribution in [3.05, 3.63) is 42.4 Å². The van der Waals surface area contributed by atoms with Crippen molar-refractivity contribution in [3.63, 3.8) is 0 Å². The van der Waals surface area contributed by atoms with Crippen LogP contribution in [0, 0.1) is 6.92 Å². The molecule has 0 spiro atoms. The molecule has 3 rings (SSSR count). The molecule has 0 aromatic carbocycles. The Balaban J connectivity index is 1.80. The minimum Gasteiger partial charge on any atom is -0.311 e. The van der Waals surface area contributed by atoms with Crippen LogP contribution in [0.4, 0.5) is 0 Å². The molecule has 0 saturated carbocycles. The Morgan fingerprint density at radius 3 is 3.11 bits per heavy atom. The van der Waals surface area contributed by atoms with Crippen molar-refractivity contribution in [2.45, 2.75) is 26.4 Å². The molecule has 100 valence electrons. The summed E-state index contributed by atoms with van der Waals surface area (Å²) in [5, 5.41) is 3.07. The third-order valence-electron chi connectivity index (χ3n) is 3.15. The van der Waals surface area contributed by atoms with Crippen LogP contribution in [0.15, 0.2) is 14.8 Å². The van der Waals surface area contributed by atoms with Gasteiger partial charge in [0.25, 0.3) is 5.56 Å². The Morgan fingerprint density at radius 1 is 1.53 bits per heavy atom. The highest BCUT2D eigenvalue weighted by Crippen LogP contribution is 2.20. The Kier molecular flexibility index (Phi) is 3.51. The smallest absolute Gasteiger partial charge is 0.254 e. The van der Waals surface area contributed by atoms with Crippen LogP contribution in [-0.2, 0) is 19.5 Å². The zero-order valence-corrected chi connectivity index (χ0v) is 12.8. The molecule has 0 radical (unpaired) electrons. The van der Waals surface area contributed by atoms with Gasteiger partial charge in [-0.15, -0.1) is 11.3 Å². The van der Waals surface area contributed by atoms with E-state index in [-0.39, 0.29) is 5.56 Å². The zero-order valence-electron chi connectivity index (χ0n) is 10.4. The number of hydrogen-bond donors (Lipinski definition) is 1. The highest BCUT2D eigenvalue weighted by atomic mass is 79.9. The molecule has 0 atom stereocenters. The molecule has 0 bridgehead atoms. The minimum atomic E-state index is 0.0131.